The summed E-state index contributed by atoms with van der Waals surface area (Å²) in [7, 11) is 2.78. The molecule has 0 N–H and O–H groups in total. The van der Waals surface area contributed by atoms with Gasteiger partial charge in [-0.1, -0.05) is 13.0 Å². The Hall–Kier alpha value is -1.84. The van der Waals surface area contributed by atoms with Crippen molar-refractivity contribution < 1.29 is 19.1 Å². The van der Waals surface area contributed by atoms with Crippen LogP contribution in [0.3, 0.4) is 0 Å². The van der Waals surface area contributed by atoms with Crippen molar-refractivity contribution in [1.82, 2.24) is 0 Å². The molecule has 0 saturated carbocycles. The van der Waals surface area contributed by atoms with E-state index in [4.69, 9.17) is 4.74 Å². The summed E-state index contributed by atoms with van der Waals surface area (Å²) in [6, 6.07) is 5.42. The van der Waals surface area contributed by atoms with Gasteiger partial charge in [-0.15, -0.1) is 0 Å². The fourth-order valence-electron chi connectivity index (χ4n) is 1.84. The normalized spacial score (nSPS) is 11.0. The first kappa shape index (κ1) is 15.2. The van der Waals surface area contributed by atoms with Crippen molar-refractivity contribution in [3.05, 3.63) is 29.3 Å². The van der Waals surface area contributed by atoms with Gasteiger partial charge < -0.3 is 9.47 Å². The summed E-state index contributed by atoms with van der Waals surface area (Å²) in [4.78, 5) is 24.3. The van der Waals surface area contributed by atoms with Crippen molar-refractivity contribution in [3.8, 4) is 5.75 Å². The van der Waals surface area contributed by atoms with E-state index < -0.39 is 11.4 Å². The standard InChI is InChI=1S/C15H20O4/c1-6-10-7-8-12(18-4)11(9-10)13(16)15(2,3)14(17)19-5/h7-9H,6H2,1-5H3. The Morgan fingerprint density at radius 3 is 2.32 bits per heavy atom. The summed E-state index contributed by atoms with van der Waals surface area (Å²) in [5.41, 5.74) is 0.205. The van der Waals surface area contributed by atoms with Gasteiger partial charge in [0.05, 0.1) is 19.8 Å². The molecule has 1 rings (SSSR count). The highest BCUT2D eigenvalue weighted by molar-refractivity contribution is 6.13. The minimum atomic E-state index is -1.23. The highest BCUT2D eigenvalue weighted by atomic mass is 16.5. The molecule has 0 aliphatic rings. The Labute approximate surface area is 113 Å². The molecule has 0 fully saturated rings. The van der Waals surface area contributed by atoms with Gasteiger partial charge in [0.25, 0.3) is 0 Å². The van der Waals surface area contributed by atoms with E-state index in [0.29, 0.717) is 11.3 Å². The van der Waals surface area contributed by atoms with Crippen LogP contribution >= 0.6 is 0 Å². The average molecular weight is 264 g/mol. The second-order valence-electron chi connectivity index (χ2n) is 4.83. The highest BCUT2D eigenvalue weighted by Gasteiger charge is 2.39. The fourth-order valence-corrected chi connectivity index (χ4v) is 1.84. The number of rotatable bonds is 5. The second kappa shape index (κ2) is 5.87. The van der Waals surface area contributed by atoms with Crippen molar-refractivity contribution >= 4 is 11.8 Å². The van der Waals surface area contributed by atoms with Crippen LogP contribution in [0.4, 0.5) is 0 Å². The maximum atomic E-state index is 12.5. The Balaban J connectivity index is 3.28. The van der Waals surface area contributed by atoms with E-state index in [2.05, 4.69) is 4.74 Å². The van der Waals surface area contributed by atoms with Crippen molar-refractivity contribution in [2.75, 3.05) is 14.2 Å². The third kappa shape index (κ3) is 2.95. The van der Waals surface area contributed by atoms with Gasteiger partial charge in [0.15, 0.2) is 5.78 Å². The van der Waals surface area contributed by atoms with Crippen molar-refractivity contribution in [3.63, 3.8) is 0 Å². The van der Waals surface area contributed by atoms with Crippen LogP contribution in [0.2, 0.25) is 0 Å². The molecule has 0 saturated heterocycles. The first-order valence-corrected chi connectivity index (χ1v) is 6.18. The molecule has 104 valence electrons. The Bertz CT molecular complexity index is 489. The summed E-state index contributed by atoms with van der Waals surface area (Å²) in [6.45, 7) is 5.11. The van der Waals surface area contributed by atoms with Gasteiger partial charge in [0, 0.05) is 0 Å². The fraction of sp³-hybridized carbons (Fsp3) is 0.467. The Morgan fingerprint density at radius 1 is 1.21 bits per heavy atom. The summed E-state index contributed by atoms with van der Waals surface area (Å²) in [5.74, 6) is -0.382. The van der Waals surface area contributed by atoms with E-state index in [1.54, 1.807) is 26.0 Å². The number of ether oxygens (including phenoxy) is 2. The van der Waals surface area contributed by atoms with Gasteiger partial charge in [-0.3, -0.25) is 9.59 Å². The number of hydrogen-bond donors (Lipinski definition) is 0. The van der Waals surface area contributed by atoms with Gasteiger partial charge in [-0.05, 0) is 38.0 Å². The molecule has 4 nitrogen and oxygen atoms in total. The number of Topliss-reactive ketones (excluding diaryl/α,β-unsaturated/α-hetero) is 1. The predicted molar refractivity (Wildman–Crippen MR) is 72.5 cm³/mol. The predicted octanol–water partition coefficient (Wildman–Crippen LogP) is 2.64. The number of esters is 1. The largest absolute Gasteiger partial charge is 0.496 e. The van der Waals surface area contributed by atoms with Crippen LogP contribution in [-0.2, 0) is 16.0 Å². The lowest BCUT2D eigenvalue weighted by molar-refractivity contribution is -0.147. The lowest BCUT2D eigenvalue weighted by Gasteiger charge is -2.21. The molecule has 0 atom stereocenters. The van der Waals surface area contributed by atoms with E-state index >= 15 is 0 Å². The van der Waals surface area contributed by atoms with Crippen LogP contribution in [-0.4, -0.2) is 26.0 Å². The molecule has 0 heterocycles. The molecule has 0 unspecified atom stereocenters. The number of benzene rings is 1. The van der Waals surface area contributed by atoms with Gasteiger partial charge in [0.1, 0.15) is 11.2 Å². The number of ketones is 1. The number of aryl methyl sites for hydroxylation is 1. The van der Waals surface area contributed by atoms with Gasteiger partial charge in [-0.25, -0.2) is 0 Å². The Kier molecular flexibility index (Phi) is 4.70. The van der Waals surface area contributed by atoms with E-state index in [-0.39, 0.29) is 5.78 Å². The second-order valence-corrected chi connectivity index (χ2v) is 4.83. The first-order valence-electron chi connectivity index (χ1n) is 6.18. The van der Waals surface area contributed by atoms with Crippen LogP contribution in [0.1, 0.15) is 36.7 Å². The molecule has 0 bridgehead atoms. The quantitative estimate of drug-likeness (QED) is 0.466. The molecule has 0 radical (unpaired) electrons. The van der Waals surface area contributed by atoms with Crippen LogP contribution in [0.5, 0.6) is 5.75 Å². The first-order chi connectivity index (χ1) is 8.88. The minimum absolute atomic E-state index is 0.300. The monoisotopic (exact) mass is 264 g/mol. The zero-order chi connectivity index (χ0) is 14.6. The summed E-state index contributed by atoms with van der Waals surface area (Å²) in [5, 5.41) is 0. The van der Waals surface area contributed by atoms with Crippen LogP contribution in [0.15, 0.2) is 18.2 Å². The molecule has 0 spiro atoms. The maximum Gasteiger partial charge on any atom is 0.319 e. The molecule has 4 heteroatoms. The maximum absolute atomic E-state index is 12.5. The molecular formula is C15H20O4. The third-order valence-electron chi connectivity index (χ3n) is 3.18. The molecule has 0 aliphatic carbocycles. The van der Waals surface area contributed by atoms with E-state index in [1.165, 1.54) is 14.2 Å². The SMILES string of the molecule is CCc1ccc(OC)c(C(=O)C(C)(C)C(=O)OC)c1. The molecular weight excluding hydrogens is 244 g/mol. The van der Waals surface area contributed by atoms with Crippen LogP contribution < -0.4 is 4.74 Å². The highest BCUT2D eigenvalue weighted by Crippen LogP contribution is 2.29. The lowest BCUT2D eigenvalue weighted by Crippen LogP contribution is -2.34. The van der Waals surface area contributed by atoms with Crippen LogP contribution in [0.25, 0.3) is 0 Å². The van der Waals surface area contributed by atoms with Gasteiger partial charge in [-0.2, -0.15) is 0 Å². The Morgan fingerprint density at radius 2 is 1.84 bits per heavy atom. The molecule has 1 aromatic carbocycles. The molecule has 1 aromatic rings. The smallest absolute Gasteiger partial charge is 0.319 e. The zero-order valence-corrected chi connectivity index (χ0v) is 12.1. The topological polar surface area (TPSA) is 52.6 Å². The molecule has 19 heavy (non-hydrogen) atoms. The summed E-state index contributed by atoms with van der Waals surface area (Å²) in [6.07, 6.45) is 0.808. The number of methoxy groups -OCH3 is 2. The average Bonchev–Trinajstić information content (AvgIpc) is 2.44. The lowest BCUT2D eigenvalue weighted by atomic mass is 9.83. The van der Waals surface area contributed by atoms with Gasteiger partial charge >= 0.3 is 5.97 Å². The third-order valence-corrected chi connectivity index (χ3v) is 3.18. The summed E-state index contributed by atoms with van der Waals surface area (Å²) >= 11 is 0. The minimum Gasteiger partial charge on any atom is -0.496 e. The van der Waals surface area contributed by atoms with Crippen molar-refractivity contribution in [2.24, 2.45) is 5.41 Å². The van der Waals surface area contributed by atoms with Gasteiger partial charge in [0.2, 0.25) is 0 Å². The van der Waals surface area contributed by atoms with Crippen molar-refractivity contribution in [1.29, 1.82) is 0 Å². The van der Waals surface area contributed by atoms with Crippen molar-refractivity contribution in [2.45, 2.75) is 27.2 Å². The molecule has 0 aliphatic heterocycles. The number of carbonyl (C=O) groups excluding carboxylic acids is 2. The number of carbonyl (C=O) groups is 2. The van der Waals surface area contributed by atoms with E-state index in [9.17, 15) is 9.59 Å². The number of hydrogen-bond acceptors (Lipinski definition) is 4. The molecule has 0 aromatic heterocycles. The summed E-state index contributed by atoms with van der Waals surface area (Å²) < 4.78 is 9.89. The zero-order valence-electron chi connectivity index (χ0n) is 12.1. The van der Waals surface area contributed by atoms with Crippen LogP contribution in [0, 0.1) is 5.41 Å². The van der Waals surface area contributed by atoms with E-state index in [0.717, 1.165) is 12.0 Å². The molecule has 0 amide bonds. The van der Waals surface area contributed by atoms with E-state index in [1.807, 2.05) is 13.0 Å².